The molecular formula is C14H19N3O. The zero-order chi connectivity index (χ0) is 13.0. The number of hydrogen-bond donors (Lipinski definition) is 0. The summed E-state index contributed by atoms with van der Waals surface area (Å²) in [6, 6.07) is 7.89. The quantitative estimate of drug-likeness (QED) is 0.813. The summed E-state index contributed by atoms with van der Waals surface area (Å²) in [7, 11) is 0. The molecule has 2 aromatic heterocycles. The predicted molar refractivity (Wildman–Crippen MR) is 71.3 cm³/mol. The van der Waals surface area contributed by atoms with Gasteiger partial charge in [-0.05, 0) is 31.9 Å². The van der Waals surface area contributed by atoms with Crippen molar-refractivity contribution < 1.29 is 4.74 Å². The smallest absolute Gasteiger partial charge is 0.215 e. The molecule has 0 aliphatic rings. The van der Waals surface area contributed by atoms with Gasteiger partial charge in [0.1, 0.15) is 0 Å². The number of nitrogens with zero attached hydrogens (tertiary/aromatic N) is 3. The fourth-order valence-corrected chi connectivity index (χ4v) is 1.85. The molecule has 4 heteroatoms. The Kier molecular flexibility index (Phi) is 3.97. The van der Waals surface area contributed by atoms with Gasteiger partial charge in [-0.1, -0.05) is 19.9 Å². The van der Waals surface area contributed by atoms with E-state index in [0.717, 1.165) is 24.4 Å². The highest BCUT2D eigenvalue weighted by molar-refractivity contribution is 5.30. The molecule has 2 aromatic rings. The van der Waals surface area contributed by atoms with E-state index < -0.39 is 0 Å². The van der Waals surface area contributed by atoms with Gasteiger partial charge in [0.2, 0.25) is 5.88 Å². The van der Waals surface area contributed by atoms with Crippen molar-refractivity contribution in [3.05, 3.63) is 35.7 Å². The average Bonchev–Trinajstić information content (AvgIpc) is 2.83. The summed E-state index contributed by atoms with van der Waals surface area (Å²) in [5.41, 5.74) is 2.27. The van der Waals surface area contributed by atoms with Gasteiger partial charge in [-0.15, -0.1) is 0 Å². The summed E-state index contributed by atoms with van der Waals surface area (Å²) in [6.45, 7) is 6.81. The van der Waals surface area contributed by atoms with Crippen LogP contribution >= 0.6 is 0 Å². The molecule has 0 aliphatic heterocycles. The number of ether oxygens (including phenoxy) is 1. The van der Waals surface area contributed by atoms with Crippen molar-refractivity contribution in [2.24, 2.45) is 0 Å². The monoisotopic (exact) mass is 245 g/mol. The van der Waals surface area contributed by atoms with Gasteiger partial charge in [0.15, 0.2) is 5.82 Å². The lowest BCUT2D eigenvalue weighted by molar-refractivity contribution is 0.326. The second-order valence-electron chi connectivity index (χ2n) is 4.01. The van der Waals surface area contributed by atoms with Crippen LogP contribution in [0.15, 0.2) is 24.3 Å². The highest BCUT2D eigenvalue weighted by Gasteiger charge is 2.09. The van der Waals surface area contributed by atoms with Crippen LogP contribution in [0.5, 0.6) is 5.88 Å². The summed E-state index contributed by atoms with van der Waals surface area (Å²) in [5, 5.41) is 4.57. The minimum absolute atomic E-state index is 0.621. The van der Waals surface area contributed by atoms with Crippen molar-refractivity contribution >= 4 is 0 Å². The van der Waals surface area contributed by atoms with Crippen LogP contribution in [0.2, 0.25) is 0 Å². The van der Waals surface area contributed by atoms with Crippen LogP contribution in [-0.4, -0.2) is 21.4 Å². The van der Waals surface area contributed by atoms with E-state index in [1.165, 1.54) is 5.69 Å². The molecule has 0 bridgehead atoms. The molecule has 0 aliphatic carbocycles. The Hall–Kier alpha value is -1.84. The lowest BCUT2D eigenvalue weighted by Gasteiger charge is -2.07. The average molecular weight is 245 g/mol. The molecule has 2 heterocycles. The molecule has 18 heavy (non-hydrogen) atoms. The molecule has 0 aromatic carbocycles. The van der Waals surface area contributed by atoms with E-state index in [-0.39, 0.29) is 0 Å². The van der Waals surface area contributed by atoms with Gasteiger partial charge in [-0.25, -0.2) is 4.68 Å². The second kappa shape index (κ2) is 5.67. The maximum Gasteiger partial charge on any atom is 0.215 e. The number of pyridine rings is 1. The first kappa shape index (κ1) is 12.6. The Morgan fingerprint density at radius 2 is 2.00 bits per heavy atom. The standard InChI is InChI=1S/C14H19N3O/c1-4-11-10-12(5-2)17(16-11)13-8-7-9-14(15-13)18-6-3/h7-10H,4-6H2,1-3H3. The number of aromatic nitrogens is 3. The molecule has 0 spiro atoms. The van der Waals surface area contributed by atoms with Crippen molar-refractivity contribution in [3.63, 3.8) is 0 Å². The molecule has 0 amide bonds. The molecule has 0 radical (unpaired) electrons. The molecule has 0 fully saturated rings. The van der Waals surface area contributed by atoms with Crippen LogP contribution in [0.4, 0.5) is 0 Å². The fourth-order valence-electron chi connectivity index (χ4n) is 1.85. The molecule has 0 saturated heterocycles. The summed E-state index contributed by atoms with van der Waals surface area (Å²) in [5.74, 6) is 1.46. The van der Waals surface area contributed by atoms with Gasteiger partial charge < -0.3 is 4.74 Å². The highest BCUT2D eigenvalue weighted by Crippen LogP contribution is 2.15. The lowest BCUT2D eigenvalue weighted by Crippen LogP contribution is -2.05. The van der Waals surface area contributed by atoms with Crippen LogP contribution < -0.4 is 4.74 Å². The van der Waals surface area contributed by atoms with Crippen molar-refractivity contribution in [3.8, 4) is 11.7 Å². The largest absolute Gasteiger partial charge is 0.478 e. The molecule has 0 unspecified atom stereocenters. The van der Waals surface area contributed by atoms with Crippen molar-refractivity contribution in [2.75, 3.05) is 6.61 Å². The summed E-state index contributed by atoms with van der Waals surface area (Å²) >= 11 is 0. The van der Waals surface area contributed by atoms with E-state index in [1.54, 1.807) is 0 Å². The van der Waals surface area contributed by atoms with Crippen LogP contribution in [-0.2, 0) is 12.8 Å². The van der Waals surface area contributed by atoms with Crippen LogP contribution in [0.1, 0.15) is 32.2 Å². The highest BCUT2D eigenvalue weighted by atomic mass is 16.5. The molecule has 0 atom stereocenters. The summed E-state index contributed by atoms with van der Waals surface area (Å²) in [4.78, 5) is 4.47. The molecule has 2 rings (SSSR count). The first-order valence-electron chi connectivity index (χ1n) is 6.46. The first-order valence-corrected chi connectivity index (χ1v) is 6.46. The Morgan fingerprint density at radius 1 is 1.17 bits per heavy atom. The van der Waals surface area contributed by atoms with E-state index in [4.69, 9.17) is 4.74 Å². The van der Waals surface area contributed by atoms with Gasteiger partial charge >= 0.3 is 0 Å². The Bertz CT molecular complexity index is 520. The molecular weight excluding hydrogens is 226 g/mol. The number of hydrogen-bond acceptors (Lipinski definition) is 3. The second-order valence-corrected chi connectivity index (χ2v) is 4.01. The maximum atomic E-state index is 5.42. The first-order chi connectivity index (χ1) is 8.78. The Morgan fingerprint density at radius 3 is 2.67 bits per heavy atom. The third-order valence-electron chi connectivity index (χ3n) is 2.78. The lowest BCUT2D eigenvalue weighted by atomic mass is 10.2. The molecule has 0 N–H and O–H groups in total. The van der Waals surface area contributed by atoms with Crippen LogP contribution in [0.3, 0.4) is 0 Å². The zero-order valence-electron chi connectivity index (χ0n) is 11.2. The number of aryl methyl sites for hydroxylation is 2. The minimum Gasteiger partial charge on any atom is -0.478 e. The van der Waals surface area contributed by atoms with Gasteiger partial charge in [-0.3, -0.25) is 0 Å². The van der Waals surface area contributed by atoms with Crippen molar-refractivity contribution in [1.29, 1.82) is 0 Å². The predicted octanol–water partition coefficient (Wildman–Crippen LogP) is 2.79. The number of rotatable bonds is 5. The molecule has 4 nitrogen and oxygen atoms in total. The van der Waals surface area contributed by atoms with Gasteiger partial charge in [0.05, 0.1) is 12.3 Å². The van der Waals surface area contributed by atoms with Gasteiger partial charge in [0, 0.05) is 11.8 Å². The third kappa shape index (κ3) is 2.53. The van der Waals surface area contributed by atoms with Crippen molar-refractivity contribution in [2.45, 2.75) is 33.6 Å². The van der Waals surface area contributed by atoms with Gasteiger partial charge in [0.25, 0.3) is 0 Å². The van der Waals surface area contributed by atoms with Crippen LogP contribution in [0, 0.1) is 0 Å². The third-order valence-corrected chi connectivity index (χ3v) is 2.78. The summed E-state index contributed by atoms with van der Waals surface area (Å²) in [6.07, 6.45) is 1.87. The Labute approximate surface area is 108 Å². The Balaban J connectivity index is 2.40. The normalized spacial score (nSPS) is 10.6. The van der Waals surface area contributed by atoms with E-state index in [9.17, 15) is 0 Å². The van der Waals surface area contributed by atoms with Crippen molar-refractivity contribution in [1.82, 2.24) is 14.8 Å². The molecule has 96 valence electrons. The van der Waals surface area contributed by atoms with Gasteiger partial charge in [-0.2, -0.15) is 10.1 Å². The van der Waals surface area contributed by atoms with E-state index in [2.05, 4.69) is 30.0 Å². The zero-order valence-corrected chi connectivity index (χ0v) is 11.2. The SMILES string of the molecule is CCOc1cccc(-n2nc(CC)cc2CC)n1. The maximum absolute atomic E-state index is 5.42. The topological polar surface area (TPSA) is 39.9 Å². The minimum atomic E-state index is 0.621. The van der Waals surface area contributed by atoms with Crippen LogP contribution in [0.25, 0.3) is 5.82 Å². The van der Waals surface area contributed by atoms with E-state index in [1.807, 2.05) is 29.8 Å². The fraction of sp³-hybridized carbons (Fsp3) is 0.429. The van der Waals surface area contributed by atoms with E-state index >= 15 is 0 Å². The summed E-state index contributed by atoms with van der Waals surface area (Å²) < 4.78 is 7.33. The van der Waals surface area contributed by atoms with E-state index in [0.29, 0.717) is 12.5 Å². The molecule has 0 saturated carbocycles.